The first kappa shape index (κ1) is 19.1. The maximum atomic E-state index is 12.2. The van der Waals surface area contributed by atoms with E-state index in [1.54, 1.807) is 0 Å². The topological polar surface area (TPSA) is 39.7 Å². The van der Waals surface area contributed by atoms with E-state index in [9.17, 15) is 13.2 Å². The Morgan fingerprint density at radius 1 is 1.32 bits per heavy atom. The van der Waals surface area contributed by atoms with Crippen LogP contribution in [-0.4, -0.2) is 55.8 Å². The molecule has 1 atom stereocenters. The first-order valence-electron chi connectivity index (χ1n) is 8.14. The highest BCUT2D eigenvalue weighted by molar-refractivity contribution is 5.79. The first-order chi connectivity index (χ1) is 10.3. The van der Waals surface area contributed by atoms with Gasteiger partial charge in [0.05, 0.1) is 13.0 Å². The highest BCUT2D eigenvalue weighted by Gasteiger charge is 2.27. The number of nitrogens with one attached hydrogen (secondary N) is 2. The Labute approximate surface area is 131 Å². The van der Waals surface area contributed by atoms with E-state index in [2.05, 4.69) is 34.4 Å². The Kier molecular flexibility index (Phi) is 8.00. The molecule has 0 aromatic heterocycles. The number of alkyl halides is 3. The molecule has 1 heterocycles. The minimum Gasteiger partial charge on any atom is -0.357 e. The van der Waals surface area contributed by atoms with Gasteiger partial charge in [-0.2, -0.15) is 13.2 Å². The Morgan fingerprint density at radius 3 is 2.64 bits per heavy atom. The average Bonchev–Trinajstić information content (AvgIpc) is 2.81. The average molecular weight is 322 g/mol. The molecular formula is C15H29F3N4. The van der Waals surface area contributed by atoms with E-state index < -0.39 is 12.6 Å². The molecule has 0 aromatic rings. The van der Waals surface area contributed by atoms with E-state index in [1.165, 1.54) is 6.42 Å². The highest BCUT2D eigenvalue weighted by Crippen LogP contribution is 2.19. The van der Waals surface area contributed by atoms with Crippen LogP contribution in [0.1, 0.15) is 40.0 Å². The predicted octanol–water partition coefficient (Wildman–Crippen LogP) is 2.61. The summed E-state index contributed by atoms with van der Waals surface area (Å²) >= 11 is 0. The van der Waals surface area contributed by atoms with Crippen molar-refractivity contribution in [2.75, 3.05) is 32.7 Å². The molecule has 2 N–H and O–H groups in total. The third-order valence-electron chi connectivity index (χ3n) is 3.60. The lowest BCUT2D eigenvalue weighted by atomic mass is 10.2. The molecule has 0 spiro atoms. The quantitative estimate of drug-likeness (QED) is 0.559. The Bertz CT molecular complexity index is 342. The second kappa shape index (κ2) is 9.22. The molecule has 1 aliphatic rings. The van der Waals surface area contributed by atoms with Crippen molar-refractivity contribution < 1.29 is 13.2 Å². The van der Waals surface area contributed by atoms with Crippen LogP contribution in [0.4, 0.5) is 13.2 Å². The molecule has 7 heteroatoms. The molecule has 1 fully saturated rings. The summed E-state index contributed by atoms with van der Waals surface area (Å²) in [5.74, 6) is 1.09. The van der Waals surface area contributed by atoms with Gasteiger partial charge in [-0.3, -0.25) is 9.89 Å². The number of halogens is 3. The second-order valence-electron chi connectivity index (χ2n) is 6.20. The molecule has 22 heavy (non-hydrogen) atoms. The molecule has 0 aliphatic carbocycles. The lowest BCUT2D eigenvalue weighted by Gasteiger charge is -2.25. The van der Waals surface area contributed by atoms with Gasteiger partial charge in [-0.05, 0) is 32.2 Å². The summed E-state index contributed by atoms with van der Waals surface area (Å²) in [6.07, 6.45) is -2.70. The molecule has 130 valence electrons. The van der Waals surface area contributed by atoms with Crippen LogP contribution in [0, 0.1) is 5.92 Å². The molecule has 0 aromatic carbocycles. The standard InChI is InChI=1S/C15H29F3N4/c1-4-19-14(20-8-7-15(16,17)18)21-10-13-6-5-9-22(13)11-12(2)3/h12-13H,4-11H2,1-3H3,(H2,19,20,21)/t13-/m1/s1. The van der Waals surface area contributed by atoms with Crippen molar-refractivity contribution in [3.05, 3.63) is 0 Å². The van der Waals surface area contributed by atoms with Crippen molar-refractivity contribution in [2.45, 2.75) is 52.3 Å². The maximum Gasteiger partial charge on any atom is 0.390 e. The fourth-order valence-corrected chi connectivity index (χ4v) is 2.67. The Balaban J connectivity index is 2.46. The van der Waals surface area contributed by atoms with Crippen molar-refractivity contribution in [3.63, 3.8) is 0 Å². The maximum absolute atomic E-state index is 12.2. The van der Waals surface area contributed by atoms with Gasteiger partial charge in [0.25, 0.3) is 0 Å². The van der Waals surface area contributed by atoms with Gasteiger partial charge in [0.15, 0.2) is 5.96 Å². The predicted molar refractivity (Wildman–Crippen MR) is 84.1 cm³/mol. The number of nitrogens with zero attached hydrogens (tertiary/aromatic N) is 2. The molecule has 4 nitrogen and oxygen atoms in total. The SMILES string of the molecule is CCNC(=NC[C@H]1CCCN1CC(C)C)NCCC(F)(F)F. The summed E-state index contributed by atoms with van der Waals surface area (Å²) in [6, 6.07) is 0.403. The van der Waals surface area contributed by atoms with E-state index in [0.29, 0.717) is 31.0 Å². The van der Waals surface area contributed by atoms with Crippen LogP contribution in [0.3, 0.4) is 0 Å². The summed E-state index contributed by atoms with van der Waals surface area (Å²) < 4.78 is 36.6. The molecule has 1 saturated heterocycles. The van der Waals surface area contributed by atoms with E-state index in [4.69, 9.17) is 0 Å². The van der Waals surface area contributed by atoms with Crippen molar-refractivity contribution in [2.24, 2.45) is 10.9 Å². The molecule has 0 saturated carbocycles. The largest absolute Gasteiger partial charge is 0.390 e. The van der Waals surface area contributed by atoms with Crippen LogP contribution in [-0.2, 0) is 0 Å². The molecule has 0 radical (unpaired) electrons. The van der Waals surface area contributed by atoms with Gasteiger partial charge in [0.2, 0.25) is 0 Å². The number of rotatable bonds is 7. The third kappa shape index (κ3) is 7.87. The van der Waals surface area contributed by atoms with Gasteiger partial charge in [-0.15, -0.1) is 0 Å². The van der Waals surface area contributed by atoms with Crippen molar-refractivity contribution in [1.29, 1.82) is 0 Å². The van der Waals surface area contributed by atoms with Gasteiger partial charge < -0.3 is 10.6 Å². The van der Waals surface area contributed by atoms with Gasteiger partial charge >= 0.3 is 6.18 Å². The lowest BCUT2D eigenvalue weighted by molar-refractivity contribution is -0.132. The molecule has 0 bridgehead atoms. The van der Waals surface area contributed by atoms with Crippen molar-refractivity contribution in [1.82, 2.24) is 15.5 Å². The van der Waals surface area contributed by atoms with Crippen LogP contribution >= 0.6 is 0 Å². The molecule has 0 unspecified atom stereocenters. The number of hydrogen-bond acceptors (Lipinski definition) is 2. The normalized spacial score (nSPS) is 20.7. The first-order valence-corrected chi connectivity index (χ1v) is 8.14. The van der Waals surface area contributed by atoms with Crippen LogP contribution in [0.2, 0.25) is 0 Å². The Hall–Kier alpha value is -0.980. The zero-order valence-electron chi connectivity index (χ0n) is 13.8. The lowest BCUT2D eigenvalue weighted by Crippen LogP contribution is -2.40. The number of guanidine groups is 1. The zero-order valence-corrected chi connectivity index (χ0v) is 13.8. The van der Waals surface area contributed by atoms with E-state index >= 15 is 0 Å². The molecular weight excluding hydrogens is 293 g/mol. The smallest absolute Gasteiger partial charge is 0.357 e. The monoisotopic (exact) mass is 322 g/mol. The summed E-state index contributed by atoms with van der Waals surface area (Å²) in [5.41, 5.74) is 0. The van der Waals surface area contributed by atoms with Crippen LogP contribution in [0.25, 0.3) is 0 Å². The van der Waals surface area contributed by atoms with Crippen molar-refractivity contribution in [3.8, 4) is 0 Å². The van der Waals surface area contributed by atoms with Crippen LogP contribution < -0.4 is 10.6 Å². The van der Waals surface area contributed by atoms with E-state index in [1.807, 2.05) is 6.92 Å². The summed E-state index contributed by atoms with van der Waals surface area (Å²) in [5, 5.41) is 5.76. The highest BCUT2D eigenvalue weighted by atomic mass is 19.4. The molecule has 0 amide bonds. The Morgan fingerprint density at radius 2 is 2.05 bits per heavy atom. The van der Waals surface area contributed by atoms with Gasteiger partial charge in [0, 0.05) is 25.7 Å². The summed E-state index contributed by atoms with van der Waals surface area (Å²) in [6.45, 7) is 9.57. The zero-order chi connectivity index (χ0) is 16.6. The minimum atomic E-state index is -4.14. The molecule has 1 aliphatic heterocycles. The number of hydrogen-bond donors (Lipinski definition) is 2. The van der Waals surface area contributed by atoms with Crippen LogP contribution in [0.5, 0.6) is 0 Å². The van der Waals surface area contributed by atoms with Gasteiger partial charge in [-0.1, -0.05) is 13.8 Å². The van der Waals surface area contributed by atoms with E-state index in [-0.39, 0.29) is 6.54 Å². The minimum absolute atomic E-state index is 0.143. The fraction of sp³-hybridized carbons (Fsp3) is 0.933. The van der Waals surface area contributed by atoms with Crippen molar-refractivity contribution >= 4 is 5.96 Å². The van der Waals surface area contributed by atoms with E-state index in [0.717, 1.165) is 19.5 Å². The summed E-state index contributed by atoms with van der Waals surface area (Å²) in [4.78, 5) is 6.90. The fourth-order valence-electron chi connectivity index (χ4n) is 2.67. The van der Waals surface area contributed by atoms with Gasteiger partial charge in [0.1, 0.15) is 0 Å². The third-order valence-corrected chi connectivity index (χ3v) is 3.60. The summed E-state index contributed by atoms with van der Waals surface area (Å²) in [7, 11) is 0. The van der Waals surface area contributed by atoms with Gasteiger partial charge in [-0.25, -0.2) is 0 Å². The number of likely N-dealkylation sites (tertiary alicyclic amines) is 1. The number of aliphatic imine (C=N–C) groups is 1. The second-order valence-corrected chi connectivity index (χ2v) is 6.20. The molecule has 1 rings (SSSR count). The van der Waals surface area contributed by atoms with Crippen LogP contribution in [0.15, 0.2) is 4.99 Å².